The van der Waals surface area contributed by atoms with Crippen molar-refractivity contribution >= 4 is 11.9 Å². The first-order valence-corrected chi connectivity index (χ1v) is 6.49. The first kappa shape index (κ1) is 13.4. The van der Waals surface area contributed by atoms with Gasteiger partial charge >= 0.3 is 0 Å². The Bertz CT molecular complexity index is 665. The summed E-state index contributed by atoms with van der Waals surface area (Å²) in [7, 11) is 1.51. The predicted octanol–water partition coefficient (Wildman–Crippen LogP) is -0.218. The molecule has 0 radical (unpaired) electrons. The second-order valence-electron chi connectivity index (χ2n) is 4.73. The van der Waals surface area contributed by atoms with E-state index in [2.05, 4.69) is 30.9 Å². The number of carbonyl (C=O) groups is 1. The van der Waals surface area contributed by atoms with E-state index in [4.69, 9.17) is 4.74 Å². The molecule has 3 rings (SSSR count). The largest absolute Gasteiger partial charge is 0.481 e. The zero-order valence-corrected chi connectivity index (χ0v) is 11.7. The van der Waals surface area contributed by atoms with Crippen LogP contribution in [-0.4, -0.2) is 51.1 Å². The van der Waals surface area contributed by atoms with Crippen LogP contribution in [0.2, 0.25) is 0 Å². The summed E-state index contributed by atoms with van der Waals surface area (Å²) in [6, 6.07) is 1.93. The molecule has 21 heavy (non-hydrogen) atoms. The summed E-state index contributed by atoms with van der Waals surface area (Å²) in [5.41, 5.74) is 0.923. The maximum atomic E-state index is 12.1. The molecule has 0 aliphatic carbocycles. The Morgan fingerprint density at radius 1 is 1.48 bits per heavy atom. The van der Waals surface area contributed by atoms with Gasteiger partial charge in [0.1, 0.15) is 0 Å². The SMILES string of the molecule is COc1cc(C)nc(NC(=O)c2cn(C3CNC3)nn2)n1. The van der Waals surface area contributed by atoms with Crippen molar-refractivity contribution in [1.82, 2.24) is 30.3 Å². The smallest absolute Gasteiger partial charge is 0.280 e. The number of carbonyl (C=O) groups excluding carboxylic acids is 1. The van der Waals surface area contributed by atoms with Crippen LogP contribution in [0.1, 0.15) is 22.2 Å². The lowest BCUT2D eigenvalue weighted by Gasteiger charge is -2.26. The van der Waals surface area contributed by atoms with Crippen LogP contribution in [0.3, 0.4) is 0 Å². The first-order chi connectivity index (χ1) is 10.2. The van der Waals surface area contributed by atoms with Gasteiger partial charge in [0.05, 0.1) is 19.3 Å². The van der Waals surface area contributed by atoms with Crippen LogP contribution in [0.15, 0.2) is 12.3 Å². The number of hydrogen-bond acceptors (Lipinski definition) is 7. The highest BCUT2D eigenvalue weighted by atomic mass is 16.5. The summed E-state index contributed by atoms with van der Waals surface area (Å²) < 4.78 is 6.72. The quantitative estimate of drug-likeness (QED) is 0.801. The minimum atomic E-state index is -0.402. The van der Waals surface area contributed by atoms with Crippen LogP contribution in [0.4, 0.5) is 5.95 Å². The maximum Gasteiger partial charge on any atom is 0.280 e. The van der Waals surface area contributed by atoms with E-state index in [0.717, 1.165) is 13.1 Å². The van der Waals surface area contributed by atoms with Gasteiger partial charge in [-0.15, -0.1) is 5.10 Å². The lowest BCUT2D eigenvalue weighted by atomic mass is 10.2. The van der Waals surface area contributed by atoms with Crippen molar-refractivity contribution in [2.75, 3.05) is 25.5 Å². The number of hydrogen-bond donors (Lipinski definition) is 2. The number of methoxy groups -OCH3 is 1. The normalized spacial score (nSPS) is 14.6. The van der Waals surface area contributed by atoms with E-state index in [0.29, 0.717) is 11.6 Å². The Balaban J connectivity index is 1.73. The summed E-state index contributed by atoms with van der Waals surface area (Å²) >= 11 is 0. The third-order valence-electron chi connectivity index (χ3n) is 3.14. The van der Waals surface area contributed by atoms with Gasteiger partial charge < -0.3 is 10.1 Å². The van der Waals surface area contributed by atoms with E-state index in [1.54, 1.807) is 23.9 Å². The maximum absolute atomic E-state index is 12.1. The Morgan fingerprint density at radius 2 is 2.29 bits per heavy atom. The zero-order valence-electron chi connectivity index (χ0n) is 11.7. The van der Waals surface area contributed by atoms with Crippen LogP contribution < -0.4 is 15.4 Å². The molecular formula is C12H15N7O2. The third kappa shape index (κ3) is 2.82. The summed E-state index contributed by atoms with van der Waals surface area (Å²) in [6.45, 7) is 3.46. The van der Waals surface area contributed by atoms with E-state index in [1.807, 2.05) is 0 Å². The molecule has 1 aliphatic heterocycles. The van der Waals surface area contributed by atoms with Crippen LogP contribution >= 0.6 is 0 Å². The van der Waals surface area contributed by atoms with Gasteiger partial charge in [-0.3, -0.25) is 10.1 Å². The second-order valence-corrected chi connectivity index (χ2v) is 4.73. The molecule has 2 N–H and O–H groups in total. The van der Waals surface area contributed by atoms with Crippen molar-refractivity contribution in [3.63, 3.8) is 0 Å². The molecule has 1 saturated heterocycles. The van der Waals surface area contributed by atoms with Crippen molar-refractivity contribution < 1.29 is 9.53 Å². The van der Waals surface area contributed by atoms with Gasteiger partial charge in [0, 0.05) is 24.8 Å². The number of nitrogens with one attached hydrogen (secondary N) is 2. The number of aryl methyl sites for hydroxylation is 1. The standard InChI is InChI=1S/C12H15N7O2/c1-7-3-10(21-2)15-12(14-7)16-11(20)9-6-19(18-17-9)8-4-13-5-8/h3,6,8,13H,4-5H2,1-2H3,(H,14,15,16,20). The number of anilines is 1. The molecule has 2 aromatic rings. The van der Waals surface area contributed by atoms with E-state index in [9.17, 15) is 4.79 Å². The highest BCUT2D eigenvalue weighted by Gasteiger charge is 2.22. The summed E-state index contributed by atoms with van der Waals surface area (Å²) in [5.74, 6) is 0.167. The molecule has 0 unspecified atom stereocenters. The average Bonchev–Trinajstić information content (AvgIpc) is 2.85. The molecule has 2 aromatic heterocycles. The molecular weight excluding hydrogens is 274 g/mol. The molecule has 3 heterocycles. The van der Waals surface area contributed by atoms with Crippen molar-refractivity contribution in [2.45, 2.75) is 13.0 Å². The Hall–Kier alpha value is -2.55. The minimum Gasteiger partial charge on any atom is -0.481 e. The lowest BCUT2D eigenvalue weighted by molar-refractivity contribution is 0.102. The predicted molar refractivity (Wildman–Crippen MR) is 73.2 cm³/mol. The molecule has 0 spiro atoms. The Labute approximate surface area is 120 Å². The van der Waals surface area contributed by atoms with Gasteiger partial charge in [-0.05, 0) is 6.92 Å². The number of ether oxygens (including phenoxy) is 1. The summed E-state index contributed by atoms with van der Waals surface area (Å²) in [6.07, 6.45) is 1.62. The molecule has 0 aromatic carbocycles. The van der Waals surface area contributed by atoms with Crippen LogP contribution in [0.25, 0.3) is 0 Å². The fourth-order valence-electron chi connectivity index (χ4n) is 1.89. The zero-order chi connectivity index (χ0) is 14.8. The fourth-order valence-corrected chi connectivity index (χ4v) is 1.89. The van der Waals surface area contributed by atoms with E-state index in [-0.39, 0.29) is 17.7 Å². The minimum absolute atomic E-state index is 0.178. The Kier molecular flexibility index (Phi) is 3.48. The van der Waals surface area contributed by atoms with Gasteiger partial charge in [-0.1, -0.05) is 5.21 Å². The molecule has 9 heteroatoms. The molecule has 110 valence electrons. The molecule has 0 bridgehead atoms. The van der Waals surface area contributed by atoms with Crippen molar-refractivity contribution in [3.05, 3.63) is 23.7 Å². The molecule has 0 atom stereocenters. The molecule has 1 amide bonds. The second kappa shape index (κ2) is 5.44. The molecule has 9 nitrogen and oxygen atoms in total. The van der Waals surface area contributed by atoms with Crippen LogP contribution in [0, 0.1) is 6.92 Å². The van der Waals surface area contributed by atoms with Gasteiger partial charge in [0.15, 0.2) is 5.69 Å². The topological polar surface area (TPSA) is 107 Å². The number of aromatic nitrogens is 5. The third-order valence-corrected chi connectivity index (χ3v) is 3.14. The van der Waals surface area contributed by atoms with Gasteiger partial charge in [0.2, 0.25) is 11.8 Å². The highest BCUT2D eigenvalue weighted by molar-refractivity contribution is 6.01. The van der Waals surface area contributed by atoms with E-state index in [1.165, 1.54) is 7.11 Å². The molecule has 1 aliphatic rings. The monoisotopic (exact) mass is 289 g/mol. The molecule has 1 fully saturated rings. The van der Waals surface area contributed by atoms with Gasteiger partial charge in [-0.2, -0.15) is 4.98 Å². The van der Waals surface area contributed by atoms with Gasteiger partial charge in [-0.25, -0.2) is 9.67 Å². The van der Waals surface area contributed by atoms with E-state index < -0.39 is 5.91 Å². The lowest BCUT2D eigenvalue weighted by Crippen LogP contribution is -2.43. The van der Waals surface area contributed by atoms with Crippen molar-refractivity contribution in [1.29, 1.82) is 0 Å². The van der Waals surface area contributed by atoms with Gasteiger partial charge in [0.25, 0.3) is 5.91 Å². The number of nitrogens with zero attached hydrogens (tertiary/aromatic N) is 5. The van der Waals surface area contributed by atoms with Crippen molar-refractivity contribution in [2.24, 2.45) is 0 Å². The summed E-state index contributed by atoms with van der Waals surface area (Å²) in [4.78, 5) is 20.3. The highest BCUT2D eigenvalue weighted by Crippen LogP contribution is 2.13. The molecule has 0 saturated carbocycles. The summed E-state index contributed by atoms with van der Waals surface area (Å²) in [5, 5.41) is 13.5. The fraction of sp³-hybridized carbons (Fsp3) is 0.417. The first-order valence-electron chi connectivity index (χ1n) is 6.49. The van der Waals surface area contributed by atoms with Crippen molar-refractivity contribution in [3.8, 4) is 5.88 Å². The van der Waals surface area contributed by atoms with Crippen LogP contribution in [0.5, 0.6) is 5.88 Å². The van der Waals surface area contributed by atoms with E-state index >= 15 is 0 Å². The Morgan fingerprint density at radius 3 is 2.95 bits per heavy atom. The average molecular weight is 289 g/mol. The van der Waals surface area contributed by atoms with Crippen LogP contribution in [-0.2, 0) is 0 Å². The number of amides is 1. The number of rotatable bonds is 4.